The predicted molar refractivity (Wildman–Crippen MR) is 142 cm³/mol. The highest BCUT2D eigenvalue weighted by Crippen LogP contribution is 2.35. The van der Waals surface area contributed by atoms with Crippen LogP contribution in [0.3, 0.4) is 0 Å². The van der Waals surface area contributed by atoms with Crippen LogP contribution in [0.4, 0.5) is 4.79 Å². The summed E-state index contributed by atoms with van der Waals surface area (Å²) in [6.45, 7) is 5.14. The third-order valence-electron chi connectivity index (χ3n) is 7.08. The number of phenols is 1. The summed E-state index contributed by atoms with van der Waals surface area (Å²) in [7, 11) is 0. The molecular weight excluding hydrogens is 488 g/mol. The van der Waals surface area contributed by atoms with Crippen LogP contribution in [0.25, 0.3) is 0 Å². The van der Waals surface area contributed by atoms with E-state index < -0.39 is 35.6 Å². The first-order valence-corrected chi connectivity index (χ1v) is 13.6. The van der Waals surface area contributed by atoms with E-state index in [1.54, 1.807) is 37.8 Å². The Hall–Kier alpha value is -3.30. The van der Waals surface area contributed by atoms with Crippen molar-refractivity contribution in [3.8, 4) is 5.75 Å². The molecule has 1 aromatic carbocycles. The second-order valence-electron chi connectivity index (χ2n) is 11.4. The van der Waals surface area contributed by atoms with E-state index in [2.05, 4.69) is 10.6 Å². The number of aromatic hydroxyl groups is 1. The molecule has 2 aliphatic carbocycles. The zero-order valence-electron chi connectivity index (χ0n) is 22.7. The van der Waals surface area contributed by atoms with Gasteiger partial charge in [0.25, 0.3) is 0 Å². The van der Waals surface area contributed by atoms with Gasteiger partial charge in [0, 0.05) is 18.5 Å². The van der Waals surface area contributed by atoms with Gasteiger partial charge in [-0.05, 0) is 77.0 Å². The van der Waals surface area contributed by atoms with Gasteiger partial charge in [0.2, 0.25) is 17.7 Å². The summed E-state index contributed by atoms with van der Waals surface area (Å²) >= 11 is 0. The van der Waals surface area contributed by atoms with Crippen LogP contribution in [0.2, 0.25) is 0 Å². The lowest BCUT2D eigenvalue weighted by molar-refractivity contribution is -0.148. The molecule has 38 heavy (non-hydrogen) atoms. The average Bonchev–Trinajstić information content (AvgIpc) is 2.80. The standard InChI is InChI=1S/C28H42N4O6/c1-28(2,3)38-27(37)31-22(16-17-23(29)34)26(36)32(20-10-7-11-20)24(18-12-14-21(33)15-13-18)25(35)30-19-8-5-4-6-9-19/h12-15,19-20,22,24,33H,4-11,16-17H2,1-3H3,(H2,29,34)(H,30,35)(H,31,37). The van der Waals surface area contributed by atoms with E-state index in [1.165, 1.54) is 12.1 Å². The molecule has 10 nitrogen and oxygen atoms in total. The van der Waals surface area contributed by atoms with Gasteiger partial charge in [0.1, 0.15) is 23.4 Å². The van der Waals surface area contributed by atoms with Crippen molar-refractivity contribution in [3.63, 3.8) is 0 Å². The second kappa shape index (κ2) is 13.0. The van der Waals surface area contributed by atoms with Gasteiger partial charge < -0.3 is 31.1 Å². The topological polar surface area (TPSA) is 151 Å². The van der Waals surface area contributed by atoms with E-state index in [4.69, 9.17) is 10.5 Å². The molecule has 10 heteroatoms. The first-order valence-electron chi connectivity index (χ1n) is 13.6. The minimum Gasteiger partial charge on any atom is -0.508 e. The predicted octanol–water partition coefficient (Wildman–Crippen LogP) is 3.42. The fourth-order valence-electron chi connectivity index (χ4n) is 4.98. The minimum atomic E-state index is -1.11. The van der Waals surface area contributed by atoms with E-state index in [9.17, 15) is 24.3 Å². The zero-order valence-corrected chi connectivity index (χ0v) is 22.7. The molecule has 0 aromatic heterocycles. The van der Waals surface area contributed by atoms with Crippen LogP contribution in [-0.4, -0.2) is 57.5 Å². The van der Waals surface area contributed by atoms with Crippen LogP contribution in [0.1, 0.15) is 96.6 Å². The Morgan fingerprint density at radius 1 is 1.03 bits per heavy atom. The van der Waals surface area contributed by atoms with Crippen molar-refractivity contribution in [2.45, 2.75) is 115 Å². The molecule has 0 saturated heterocycles. The van der Waals surface area contributed by atoms with Gasteiger partial charge >= 0.3 is 6.09 Å². The van der Waals surface area contributed by atoms with Gasteiger partial charge in [-0.2, -0.15) is 0 Å². The quantitative estimate of drug-likeness (QED) is 0.364. The highest BCUT2D eigenvalue weighted by Gasteiger charge is 2.42. The number of ether oxygens (including phenoxy) is 1. The number of amides is 4. The van der Waals surface area contributed by atoms with Crippen molar-refractivity contribution < 1.29 is 29.0 Å². The van der Waals surface area contributed by atoms with Crippen molar-refractivity contribution in [2.75, 3.05) is 0 Å². The number of nitrogens with one attached hydrogen (secondary N) is 2. The van der Waals surface area contributed by atoms with Crippen LogP contribution >= 0.6 is 0 Å². The fourth-order valence-corrected chi connectivity index (χ4v) is 4.98. The van der Waals surface area contributed by atoms with E-state index >= 15 is 0 Å². The zero-order chi connectivity index (χ0) is 27.9. The summed E-state index contributed by atoms with van der Waals surface area (Å²) in [6.07, 6.45) is 6.38. The number of hydrogen-bond donors (Lipinski definition) is 4. The van der Waals surface area contributed by atoms with E-state index in [0.717, 1.165) is 38.5 Å². The highest BCUT2D eigenvalue weighted by atomic mass is 16.6. The summed E-state index contributed by atoms with van der Waals surface area (Å²) < 4.78 is 5.37. The number of nitrogens with two attached hydrogens (primary N) is 1. The van der Waals surface area contributed by atoms with Crippen LogP contribution in [0.15, 0.2) is 24.3 Å². The van der Waals surface area contributed by atoms with Crippen molar-refractivity contribution in [3.05, 3.63) is 29.8 Å². The molecule has 0 aliphatic heterocycles. The largest absolute Gasteiger partial charge is 0.508 e. The number of phenolic OH excluding ortho intramolecular Hbond substituents is 1. The molecule has 4 amide bonds. The molecule has 2 unspecified atom stereocenters. The first-order chi connectivity index (χ1) is 17.9. The van der Waals surface area contributed by atoms with Crippen LogP contribution in [-0.2, 0) is 19.1 Å². The minimum absolute atomic E-state index is 0.0246. The lowest BCUT2D eigenvalue weighted by atomic mass is 9.87. The Morgan fingerprint density at radius 2 is 1.66 bits per heavy atom. The highest BCUT2D eigenvalue weighted by molar-refractivity contribution is 5.93. The van der Waals surface area contributed by atoms with Gasteiger partial charge in [-0.3, -0.25) is 14.4 Å². The smallest absolute Gasteiger partial charge is 0.408 e. The molecule has 1 aromatic rings. The maximum atomic E-state index is 14.1. The molecule has 3 rings (SSSR count). The maximum Gasteiger partial charge on any atom is 0.408 e. The van der Waals surface area contributed by atoms with Gasteiger partial charge in [0.05, 0.1) is 0 Å². The molecular formula is C28H42N4O6. The molecule has 0 heterocycles. The molecule has 0 bridgehead atoms. The molecule has 0 radical (unpaired) electrons. The summed E-state index contributed by atoms with van der Waals surface area (Å²) in [5.41, 5.74) is 5.14. The Balaban J connectivity index is 1.95. The van der Waals surface area contributed by atoms with Crippen molar-refractivity contribution >= 4 is 23.8 Å². The number of carbonyl (C=O) groups is 4. The Labute approximate surface area is 224 Å². The van der Waals surface area contributed by atoms with Gasteiger partial charge in [-0.1, -0.05) is 31.4 Å². The third kappa shape index (κ3) is 8.36. The number of rotatable bonds is 10. The molecule has 5 N–H and O–H groups in total. The molecule has 2 aliphatic rings. The number of nitrogens with zero attached hydrogens (tertiary/aromatic N) is 1. The second-order valence-corrected chi connectivity index (χ2v) is 11.4. The van der Waals surface area contributed by atoms with E-state index in [1.807, 2.05) is 0 Å². The van der Waals surface area contributed by atoms with Crippen LogP contribution in [0.5, 0.6) is 5.75 Å². The fraction of sp³-hybridized carbons (Fsp3) is 0.643. The monoisotopic (exact) mass is 530 g/mol. The van der Waals surface area contributed by atoms with Gasteiger partial charge in [0.15, 0.2) is 0 Å². The van der Waals surface area contributed by atoms with Crippen LogP contribution < -0.4 is 16.4 Å². The summed E-state index contributed by atoms with van der Waals surface area (Å²) in [6, 6.07) is 3.99. The van der Waals surface area contributed by atoms with E-state index in [-0.39, 0.29) is 36.6 Å². The number of benzene rings is 1. The lowest BCUT2D eigenvalue weighted by Crippen LogP contribution is -2.58. The maximum absolute atomic E-state index is 14.1. The average molecular weight is 531 g/mol. The SMILES string of the molecule is CC(C)(C)OC(=O)NC(CCC(N)=O)C(=O)N(C1CCC1)C(C(=O)NC1CCCCC1)c1ccc(O)cc1. The lowest BCUT2D eigenvalue weighted by Gasteiger charge is -2.44. The number of primary amides is 1. The van der Waals surface area contributed by atoms with Gasteiger partial charge in [-0.25, -0.2) is 4.79 Å². The van der Waals surface area contributed by atoms with E-state index in [0.29, 0.717) is 18.4 Å². The van der Waals surface area contributed by atoms with Crippen LogP contribution in [0, 0.1) is 0 Å². The number of hydrogen-bond acceptors (Lipinski definition) is 6. The number of alkyl carbamates (subject to hydrolysis) is 1. The van der Waals surface area contributed by atoms with Crippen molar-refractivity contribution in [1.82, 2.24) is 15.5 Å². The number of carbonyl (C=O) groups excluding carboxylic acids is 4. The Kier molecular flexibility index (Phi) is 9.99. The summed E-state index contributed by atoms with van der Waals surface area (Å²) in [4.78, 5) is 53.8. The molecule has 2 saturated carbocycles. The van der Waals surface area contributed by atoms with Gasteiger partial charge in [-0.15, -0.1) is 0 Å². The van der Waals surface area contributed by atoms with Crippen molar-refractivity contribution in [1.29, 1.82) is 0 Å². The molecule has 2 atom stereocenters. The molecule has 0 spiro atoms. The molecule has 210 valence electrons. The van der Waals surface area contributed by atoms with Crippen molar-refractivity contribution in [2.24, 2.45) is 5.73 Å². The Bertz CT molecular complexity index is 980. The summed E-state index contributed by atoms with van der Waals surface area (Å²) in [5.74, 6) is -1.32. The normalized spacial score (nSPS) is 18.0. The molecule has 2 fully saturated rings. The summed E-state index contributed by atoms with van der Waals surface area (Å²) in [5, 5.41) is 15.6. The Morgan fingerprint density at radius 3 is 2.18 bits per heavy atom. The third-order valence-corrected chi connectivity index (χ3v) is 7.08. The first kappa shape index (κ1) is 29.3.